The molecule has 38 heavy (non-hydrogen) atoms. The Morgan fingerprint density at radius 2 is 1.89 bits per heavy atom. The third kappa shape index (κ3) is 4.91. The predicted molar refractivity (Wildman–Crippen MR) is 144 cm³/mol. The topological polar surface area (TPSA) is 117 Å². The zero-order valence-electron chi connectivity index (χ0n) is 23.3. The molecule has 1 spiro atoms. The fourth-order valence-corrected chi connectivity index (χ4v) is 6.78. The lowest BCUT2D eigenvalue weighted by atomic mass is 9.66. The number of aliphatic hydroxyl groups excluding tert-OH is 1. The number of nitrogens with zero attached hydrogens (tertiary/aromatic N) is 1. The van der Waals surface area contributed by atoms with Gasteiger partial charge in [0, 0.05) is 12.2 Å². The Bertz CT molecular complexity index is 1030. The van der Waals surface area contributed by atoms with Crippen LogP contribution in [0.15, 0.2) is 24.3 Å². The van der Waals surface area contributed by atoms with Crippen LogP contribution in [0.25, 0.3) is 0 Å². The van der Waals surface area contributed by atoms with E-state index in [2.05, 4.69) is 10.6 Å². The number of benzene rings is 1. The van der Waals surface area contributed by atoms with Gasteiger partial charge in [-0.3, -0.25) is 14.4 Å². The second kappa shape index (κ2) is 11.2. The first kappa shape index (κ1) is 28.4. The number of amides is 3. The first-order valence-electron chi connectivity index (χ1n) is 14.1. The summed E-state index contributed by atoms with van der Waals surface area (Å²) in [5.41, 5.74) is -1.37. The van der Waals surface area contributed by atoms with Gasteiger partial charge in [-0.2, -0.15) is 0 Å². The highest BCUT2D eigenvalue weighted by Crippen LogP contribution is 2.63. The second-order valence-corrected chi connectivity index (χ2v) is 11.5. The van der Waals surface area contributed by atoms with Crippen LogP contribution < -0.4 is 15.4 Å². The Morgan fingerprint density at radius 1 is 1.18 bits per heavy atom. The second-order valence-electron chi connectivity index (χ2n) is 11.5. The van der Waals surface area contributed by atoms with Crippen LogP contribution >= 0.6 is 0 Å². The number of carbonyl (C=O) groups is 3. The summed E-state index contributed by atoms with van der Waals surface area (Å²) >= 11 is 0. The van der Waals surface area contributed by atoms with E-state index in [1.807, 2.05) is 34.6 Å². The number of hydrogen-bond donors (Lipinski definition) is 3. The monoisotopic (exact) mass is 529 g/mol. The number of aliphatic hydroxyl groups is 1. The molecule has 0 aliphatic carbocycles. The summed E-state index contributed by atoms with van der Waals surface area (Å²) in [5, 5.41) is 16.3. The summed E-state index contributed by atoms with van der Waals surface area (Å²) in [6.45, 7) is 10.7. The average Bonchev–Trinajstić information content (AvgIpc) is 3.44. The van der Waals surface area contributed by atoms with Gasteiger partial charge >= 0.3 is 0 Å². The molecule has 3 N–H and O–H groups in total. The largest absolute Gasteiger partial charge is 0.494 e. The molecule has 1 aromatic rings. The quantitative estimate of drug-likeness (QED) is 0.358. The molecule has 0 saturated carbocycles. The molecule has 1 aromatic carbocycles. The van der Waals surface area contributed by atoms with Crippen molar-refractivity contribution in [1.29, 1.82) is 0 Å². The number of anilines is 1. The summed E-state index contributed by atoms with van der Waals surface area (Å²) in [5.74, 6) is -1.50. The minimum absolute atomic E-state index is 0.204. The van der Waals surface area contributed by atoms with Gasteiger partial charge in [-0.25, -0.2) is 0 Å². The Morgan fingerprint density at radius 3 is 2.50 bits per heavy atom. The molecule has 3 aliphatic rings. The summed E-state index contributed by atoms with van der Waals surface area (Å²) < 4.78 is 12.1. The van der Waals surface area contributed by atoms with Crippen molar-refractivity contribution in [2.75, 3.05) is 25.1 Å². The van der Waals surface area contributed by atoms with Gasteiger partial charge in [0.1, 0.15) is 17.4 Å². The Kier molecular flexibility index (Phi) is 8.37. The number of carbonyl (C=O) groups excluding carboxylic acids is 3. The maximum absolute atomic E-state index is 14.2. The van der Waals surface area contributed by atoms with Crippen LogP contribution in [-0.4, -0.2) is 70.8 Å². The van der Waals surface area contributed by atoms with Crippen molar-refractivity contribution in [3.05, 3.63) is 24.3 Å². The zero-order valence-corrected chi connectivity index (χ0v) is 23.3. The van der Waals surface area contributed by atoms with Crippen LogP contribution in [0.3, 0.4) is 0 Å². The lowest BCUT2D eigenvalue weighted by Crippen LogP contribution is -2.58. The van der Waals surface area contributed by atoms with E-state index in [1.54, 1.807) is 29.2 Å². The van der Waals surface area contributed by atoms with Crippen LogP contribution in [-0.2, 0) is 19.1 Å². The Hall–Kier alpha value is -2.65. The van der Waals surface area contributed by atoms with Crippen LogP contribution in [0.2, 0.25) is 0 Å². The highest BCUT2D eigenvalue weighted by Gasteiger charge is 2.78. The van der Waals surface area contributed by atoms with Crippen molar-refractivity contribution < 1.29 is 29.0 Å². The summed E-state index contributed by atoms with van der Waals surface area (Å²) in [6.07, 6.45) is 3.37. The molecule has 3 amide bonds. The molecule has 3 fully saturated rings. The van der Waals surface area contributed by atoms with Gasteiger partial charge < -0.3 is 30.1 Å². The number of hydrogen-bond acceptors (Lipinski definition) is 6. The first-order valence-corrected chi connectivity index (χ1v) is 14.1. The highest BCUT2D eigenvalue weighted by atomic mass is 16.5. The maximum atomic E-state index is 14.2. The molecule has 3 heterocycles. The van der Waals surface area contributed by atoms with Crippen LogP contribution in [0.4, 0.5) is 5.69 Å². The van der Waals surface area contributed by atoms with E-state index in [1.165, 1.54) is 0 Å². The average molecular weight is 530 g/mol. The highest BCUT2D eigenvalue weighted by molar-refractivity contribution is 6.02. The van der Waals surface area contributed by atoms with Gasteiger partial charge in [0.2, 0.25) is 17.7 Å². The lowest BCUT2D eigenvalue weighted by molar-refractivity contribution is -0.149. The van der Waals surface area contributed by atoms with E-state index in [9.17, 15) is 19.5 Å². The van der Waals surface area contributed by atoms with Gasteiger partial charge in [0.05, 0.1) is 36.7 Å². The van der Waals surface area contributed by atoms with E-state index < -0.39 is 35.1 Å². The minimum Gasteiger partial charge on any atom is -0.494 e. The van der Waals surface area contributed by atoms with E-state index in [4.69, 9.17) is 9.47 Å². The van der Waals surface area contributed by atoms with Crippen LogP contribution in [0, 0.1) is 17.8 Å². The third-order valence-corrected chi connectivity index (χ3v) is 8.36. The molecule has 2 bridgehead atoms. The van der Waals surface area contributed by atoms with Crippen molar-refractivity contribution in [1.82, 2.24) is 10.2 Å². The molecule has 9 heteroatoms. The number of nitrogens with one attached hydrogen (secondary N) is 2. The van der Waals surface area contributed by atoms with E-state index in [0.717, 1.165) is 12.8 Å². The van der Waals surface area contributed by atoms with Crippen LogP contribution in [0.1, 0.15) is 66.7 Å². The van der Waals surface area contributed by atoms with Gasteiger partial charge in [0.25, 0.3) is 0 Å². The van der Waals surface area contributed by atoms with Crippen molar-refractivity contribution in [2.45, 2.75) is 90.0 Å². The molecule has 3 saturated heterocycles. The van der Waals surface area contributed by atoms with Crippen molar-refractivity contribution >= 4 is 23.4 Å². The molecule has 4 rings (SSSR count). The van der Waals surface area contributed by atoms with E-state index >= 15 is 0 Å². The molecular formula is C29H43N3O6. The number of likely N-dealkylation sites (tertiary alicyclic amines) is 1. The van der Waals surface area contributed by atoms with Gasteiger partial charge in [-0.1, -0.05) is 27.2 Å². The predicted octanol–water partition coefficient (Wildman–Crippen LogP) is 3.11. The minimum atomic E-state index is -1.10. The molecule has 0 radical (unpaired) electrons. The smallest absolute Gasteiger partial charge is 0.245 e. The van der Waals surface area contributed by atoms with Gasteiger partial charge in [0.15, 0.2) is 0 Å². The molecule has 2 unspecified atom stereocenters. The summed E-state index contributed by atoms with van der Waals surface area (Å²) in [6, 6.07) is 5.69. The number of rotatable bonds is 12. The van der Waals surface area contributed by atoms with Gasteiger partial charge in [-0.05, 0) is 69.7 Å². The normalized spacial score (nSPS) is 30.4. The molecule has 9 nitrogen and oxygen atoms in total. The van der Waals surface area contributed by atoms with Gasteiger partial charge in [-0.15, -0.1) is 0 Å². The van der Waals surface area contributed by atoms with Crippen molar-refractivity contribution in [3.63, 3.8) is 0 Å². The Balaban J connectivity index is 1.67. The number of fused-ring (bicyclic) bond motifs is 1. The molecular weight excluding hydrogens is 486 g/mol. The van der Waals surface area contributed by atoms with E-state index in [-0.39, 0.29) is 30.2 Å². The first-order chi connectivity index (χ1) is 18.1. The van der Waals surface area contributed by atoms with Crippen molar-refractivity contribution in [3.8, 4) is 5.75 Å². The fourth-order valence-electron chi connectivity index (χ4n) is 6.78. The van der Waals surface area contributed by atoms with Crippen LogP contribution in [0.5, 0.6) is 5.75 Å². The summed E-state index contributed by atoms with van der Waals surface area (Å²) in [7, 11) is 0. The fraction of sp³-hybridized carbons (Fsp3) is 0.690. The molecule has 210 valence electrons. The van der Waals surface area contributed by atoms with Crippen molar-refractivity contribution in [2.24, 2.45) is 17.8 Å². The van der Waals surface area contributed by atoms with E-state index in [0.29, 0.717) is 43.9 Å². The SMILES string of the molecule is CCCCNC(=O)C1N([C@@H](CO)CC(C)C)C(=O)[C@@H]2[C@H](C(=O)Nc3ccc(OCC)cc3)[C@]3(C)CCC12O3. The third-order valence-electron chi connectivity index (χ3n) is 8.36. The number of ether oxygens (including phenoxy) is 2. The standard InChI is InChI=1S/C29H43N3O6/c1-6-8-15-30-26(35)24-29-14-13-28(5,38-29)22(23(29)27(36)32(24)20(17-33)16-18(3)4)25(34)31-19-9-11-21(12-10-19)37-7-2/h9-12,18,20,22-24,33H,6-8,13-17H2,1-5H3,(H,30,35)(H,31,34)/t20-,22-,23+,24?,28+,29?/m1/s1. The maximum Gasteiger partial charge on any atom is 0.245 e. The molecule has 6 atom stereocenters. The summed E-state index contributed by atoms with van der Waals surface area (Å²) in [4.78, 5) is 43.2. The number of unbranched alkanes of at least 4 members (excludes halogenated alkanes) is 1. The lowest BCUT2D eigenvalue weighted by Gasteiger charge is -2.37. The zero-order chi connectivity index (χ0) is 27.7. The molecule has 3 aliphatic heterocycles. The molecule has 0 aromatic heterocycles. The Labute approximate surface area is 225 Å².